The van der Waals surface area contributed by atoms with Gasteiger partial charge in [-0.25, -0.2) is 13.3 Å². The van der Waals surface area contributed by atoms with Gasteiger partial charge in [-0.15, -0.1) is 0 Å². The molecule has 2 unspecified atom stereocenters. The fourth-order valence-corrected chi connectivity index (χ4v) is 3.43. The van der Waals surface area contributed by atoms with E-state index in [1.165, 1.54) is 19.1 Å². The molecule has 0 amide bonds. The Balaban J connectivity index is 2.95. The molecule has 1 aromatic rings. The molecule has 0 aliphatic heterocycles. The molecule has 0 spiro atoms. The fraction of sp³-hybridized carbons (Fsp3) is 0.632. The number of hydrogen-bond donors (Lipinski definition) is 1. The van der Waals surface area contributed by atoms with Crippen LogP contribution in [0.15, 0.2) is 30.3 Å². The number of carbonyl (C=O) groups excluding carboxylic acids is 1. The molecule has 0 heterocycles. The van der Waals surface area contributed by atoms with E-state index in [-0.39, 0.29) is 17.8 Å². The van der Waals surface area contributed by atoms with Crippen molar-refractivity contribution in [3.05, 3.63) is 30.3 Å². The maximum Gasteiger partial charge on any atom is 0.459 e. The van der Waals surface area contributed by atoms with Gasteiger partial charge in [-0.3, -0.25) is 9.32 Å². The van der Waals surface area contributed by atoms with Crippen molar-refractivity contribution in [3.63, 3.8) is 0 Å². The number of nitrogens with one attached hydrogen (secondary N) is 1. The van der Waals surface area contributed by atoms with E-state index in [9.17, 15) is 18.1 Å². The molecule has 4 atom stereocenters. The third kappa shape index (κ3) is 8.78. The molecule has 1 aromatic carbocycles. The first kappa shape index (κ1) is 25.5. The van der Waals surface area contributed by atoms with E-state index in [1.807, 2.05) is 20.8 Å². The van der Waals surface area contributed by atoms with E-state index in [4.69, 9.17) is 13.8 Å². The Morgan fingerprint density at radius 1 is 1.17 bits per heavy atom. The van der Waals surface area contributed by atoms with Crippen molar-refractivity contribution >= 4 is 13.7 Å². The van der Waals surface area contributed by atoms with Crippen molar-refractivity contribution in [1.82, 2.24) is 5.09 Å². The van der Waals surface area contributed by atoms with E-state index < -0.39 is 38.4 Å². The predicted octanol–water partition coefficient (Wildman–Crippen LogP) is 4.43. The molecule has 0 radical (unpaired) electrons. The van der Waals surface area contributed by atoms with Gasteiger partial charge in [0.25, 0.3) is 5.85 Å². The Kier molecular flexibility index (Phi) is 9.21. The standard InChI is InChI=1S/C19H30F2NO6P/c1-14(17(23)26-12-18(3,4)5)22-29(24,28-16-10-8-7-9-11-16)27-13-19(21,25-6)15(2)20/h7-11,14-15H,12-13H2,1-6H3,(H,22,24)/t14?,15-,19+,29?/m0/s1. The molecule has 1 N–H and O–H groups in total. The summed E-state index contributed by atoms with van der Waals surface area (Å²) in [7, 11) is -3.34. The average Bonchev–Trinajstić information content (AvgIpc) is 2.64. The second kappa shape index (κ2) is 10.5. The fourth-order valence-electron chi connectivity index (χ4n) is 1.92. The molecule has 0 aliphatic rings. The normalized spacial score (nSPS) is 18.2. The Bertz CT molecular complexity index is 698. The van der Waals surface area contributed by atoms with Crippen LogP contribution >= 0.6 is 7.75 Å². The van der Waals surface area contributed by atoms with Crippen LogP contribution < -0.4 is 9.61 Å². The summed E-state index contributed by atoms with van der Waals surface area (Å²) in [6.07, 6.45) is -2.06. The summed E-state index contributed by atoms with van der Waals surface area (Å²) in [5, 5.41) is 2.41. The molecule has 1 rings (SSSR count). The summed E-state index contributed by atoms with van der Waals surface area (Å²) < 4.78 is 61.3. The van der Waals surface area contributed by atoms with Gasteiger partial charge in [0.05, 0.1) is 6.61 Å². The quantitative estimate of drug-likeness (QED) is 0.405. The lowest BCUT2D eigenvalue weighted by atomic mass is 9.99. The van der Waals surface area contributed by atoms with Crippen LogP contribution in [0.4, 0.5) is 8.78 Å². The van der Waals surface area contributed by atoms with Crippen LogP contribution in [0.1, 0.15) is 34.6 Å². The molecule has 0 aliphatic carbocycles. The lowest BCUT2D eigenvalue weighted by Gasteiger charge is -2.28. The first-order chi connectivity index (χ1) is 13.3. The van der Waals surface area contributed by atoms with Crippen LogP contribution in [0, 0.1) is 5.41 Å². The highest BCUT2D eigenvalue weighted by molar-refractivity contribution is 7.52. The maximum atomic E-state index is 14.4. The Morgan fingerprint density at radius 3 is 2.24 bits per heavy atom. The van der Waals surface area contributed by atoms with Gasteiger partial charge in [0.1, 0.15) is 18.4 Å². The summed E-state index contributed by atoms with van der Waals surface area (Å²) in [6, 6.07) is 6.85. The van der Waals surface area contributed by atoms with Crippen LogP contribution in [0.3, 0.4) is 0 Å². The summed E-state index contributed by atoms with van der Waals surface area (Å²) >= 11 is 0. The minimum atomic E-state index is -4.30. The second-order valence-corrected chi connectivity index (χ2v) is 9.49. The van der Waals surface area contributed by atoms with Gasteiger partial charge in [0.15, 0.2) is 6.17 Å². The largest absolute Gasteiger partial charge is 0.464 e. The number of rotatable bonds is 11. The summed E-state index contributed by atoms with van der Waals surface area (Å²) in [4.78, 5) is 12.2. The van der Waals surface area contributed by atoms with Gasteiger partial charge < -0.3 is 14.0 Å². The van der Waals surface area contributed by atoms with Crippen molar-refractivity contribution in [2.75, 3.05) is 20.3 Å². The number of hydrogen-bond acceptors (Lipinski definition) is 6. The van der Waals surface area contributed by atoms with E-state index in [2.05, 4.69) is 9.82 Å². The molecular weight excluding hydrogens is 407 g/mol. The summed E-state index contributed by atoms with van der Waals surface area (Å²) in [5.74, 6) is -3.39. The topological polar surface area (TPSA) is 83.1 Å². The molecule has 166 valence electrons. The van der Waals surface area contributed by atoms with E-state index in [0.29, 0.717) is 0 Å². The highest BCUT2D eigenvalue weighted by atomic mass is 31.2. The number of carbonyl (C=O) groups is 1. The smallest absolute Gasteiger partial charge is 0.459 e. The molecule has 29 heavy (non-hydrogen) atoms. The van der Waals surface area contributed by atoms with E-state index in [1.54, 1.807) is 18.2 Å². The van der Waals surface area contributed by atoms with E-state index in [0.717, 1.165) is 14.0 Å². The zero-order valence-electron chi connectivity index (χ0n) is 17.6. The van der Waals surface area contributed by atoms with Gasteiger partial charge in [-0.05, 0) is 31.4 Å². The highest BCUT2D eigenvalue weighted by Gasteiger charge is 2.42. The van der Waals surface area contributed by atoms with Gasteiger partial charge in [0, 0.05) is 7.11 Å². The molecular formula is C19H30F2NO6P. The third-order valence-electron chi connectivity index (χ3n) is 3.69. The van der Waals surface area contributed by atoms with Crippen molar-refractivity contribution < 1.29 is 36.7 Å². The Morgan fingerprint density at radius 2 is 1.76 bits per heavy atom. The summed E-state index contributed by atoms with van der Waals surface area (Å²) in [5.41, 5.74) is -0.264. The van der Waals surface area contributed by atoms with Gasteiger partial charge in [0.2, 0.25) is 0 Å². The SMILES string of the molecule is CO[C@](F)(COP(=O)(NC(C)C(=O)OCC(C)(C)C)Oc1ccccc1)[C@H](C)F. The lowest BCUT2D eigenvalue weighted by molar-refractivity contribution is -0.183. The number of alkyl halides is 2. The number of esters is 1. The molecule has 0 bridgehead atoms. The minimum absolute atomic E-state index is 0.138. The van der Waals surface area contributed by atoms with Gasteiger partial charge >= 0.3 is 13.7 Å². The number of halogens is 2. The lowest BCUT2D eigenvalue weighted by Crippen LogP contribution is -2.42. The predicted molar refractivity (Wildman–Crippen MR) is 105 cm³/mol. The summed E-state index contributed by atoms with van der Waals surface area (Å²) in [6.45, 7) is 7.10. The van der Waals surface area contributed by atoms with Crippen LogP contribution in [0.5, 0.6) is 5.75 Å². The molecule has 0 saturated heterocycles. The monoisotopic (exact) mass is 437 g/mol. The van der Waals surface area contributed by atoms with E-state index >= 15 is 0 Å². The molecule has 10 heteroatoms. The van der Waals surface area contributed by atoms with Crippen LogP contribution in [-0.2, 0) is 23.4 Å². The first-order valence-electron chi connectivity index (χ1n) is 9.12. The van der Waals surface area contributed by atoms with Crippen molar-refractivity contribution in [2.45, 2.75) is 52.7 Å². The third-order valence-corrected chi connectivity index (χ3v) is 5.31. The number of benzene rings is 1. The minimum Gasteiger partial charge on any atom is -0.464 e. The van der Waals surface area contributed by atoms with Gasteiger partial charge in [-0.1, -0.05) is 39.0 Å². The average molecular weight is 437 g/mol. The van der Waals surface area contributed by atoms with Crippen LogP contribution in [0.25, 0.3) is 0 Å². The molecule has 7 nitrogen and oxygen atoms in total. The number of methoxy groups -OCH3 is 1. The van der Waals surface area contributed by atoms with Crippen molar-refractivity contribution in [3.8, 4) is 5.75 Å². The Labute approximate surface area is 170 Å². The van der Waals surface area contributed by atoms with Crippen LogP contribution in [0.2, 0.25) is 0 Å². The molecule has 0 saturated carbocycles. The first-order valence-corrected chi connectivity index (χ1v) is 10.7. The molecule has 0 fully saturated rings. The second-order valence-electron chi connectivity index (χ2n) is 7.80. The van der Waals surface area contributed by atoms with Crippen LogP contribution in [-0.4, -0.2) is 44.4 Å². The molecule has 0 aromatic heterocycles. The number of para-hydroxylation sites is 1. The van der Waals surface area contributed by atoms with Gasteiger partial charge in [-0.2, -0.15) is 5.09 Å². The van der Waals surface area contributed by atoms with Crippen molar-refractivity contribution in [2.24, 2.45) is 5.41 Å². The maximum absolute atomic E-state index is 14.4. The zero-order valence-corrected chi connectivity index (χ0v) is 18.5. The number of ether oxygens (including phenoxy) is 2. The van der Waals surface area contributed by atoms with Crippen molar-refractivity contribution in [1.29, 1.82) is 0 Å². The zero-order chi connectivity index (χ0) is 22.3. The highest BCUT2D eigenvalue weighted by Crippen LogP contribution is 2.46. The Hall–Kier alpha value is -1.54.